The number of furan rings is 1. The van der Waals surface area contributed by atoms with E-state index < -0.39 is 0 Å². The number of anilines is 1. The molecule has 9 heteroatoms. The SMILES string of the molecule is O=C(CN1CCOCC1)Nc1nc(-c2ccco2)c(C(=O)C2CCOCC2)s1. The topological polar surface area (TPSA) is 93.9 Å². The highest BCUT2D eigenvalue weighted by Crippen LogP contribution is 2.35. The van der Waals surface area contributed by atoms with Crippen LogP contribution in [-0.4, -0.2) is 67.6 Å². The summed E-state index contributed by atoms with van der Waals surface area (Å²) < 4.78 is 16.1. The molecule has 2 aliphatic heterocycles. The van der Waals surface area contributed by atoms with Crippen molar-refractivity contribution in [3.05, 3.63) is 23.3 Å². The summed E-state index contributed by atoms with van der Waals surface area (Å²) in [7, 11) is 0. The van der Waals surface area contributed by atoms with Crippen molar-refractivity contribution in [1.82, 2.24) is 9.88 Å². The van der Waals surface area contributed by atoms with Crippen LogP contribution < -0.4 is 5.32 Å². The molecule has 0 aromatic carbocycles. The van der Waals surface area contributed by atoms with Gasteiger partial charge >= 0.3 is 0 Å². The minimum Gasteiger partial charge on any atom is -0.463 e. The third kappa shape index (κ3) is 4.49. The van der Waals surface area contributed by atoms with E-state index in [1.165, 1.54) is 11.3 Å². The number of thiazole rings is 1. The largest absolute Gasteiger partial charge is 0.463 e. The van der Waals surface area contributed by atoms with Gasteiger partial charge < -0.3 is 19.2 Å². The second-order valence-electron chi connectivity index (χ2n) is 6.86. The minimum atomic E-state index is -0.147. The van der Waals surface area contributed by atoms with Gasteiger partial charge in [0.2, 0.25) is 5.91 Å². The smallest absolute Gasteiger partial charge is 0.240 e. The molecule has 8 nitrogen and oxygen atoms in total. The summed E-state index contributed by atoms with van der Waals surface area (Å²) in [5, 5.41) is 3.25. The van der Waals surface area contributed by atoms with Crippen LogP contribution >= 0.6 is 11.3 Å². The standard InChI is InChI=1S/C19H23N3O5S/c23-15(12-22-5-10-26-11-6-22)20-19-21-16(14-2-1-7-27-14)18(28-19)17(24)13-3-8-25-9-4-13/h1-2,7,13H,3-6,8-12H2,(H,20,21,23). The molecule has 1 amide bonds. The van der Waals surface area contributed by atoms with Crippen LogP contribution in [0.3, 0.4) is 0 Å². The fourth-order valence-electron chi connectivity index (χ4n) is 3.39. The first-order valence-corrected chi connectivity index (χ1v) is 10.3. The number of amides is 1. The van der Waals surface area contributed by atoms with Gasteiger partial charge in [-0.05, 0) is 25.0 Å². The second kappa shape index (κ2) is 8.95. The van der Waals surface area contributed by atoms with Crippen LogP contribution in [0.1, 0.15) is 22.5 Å². The lowest BCUT2D eigenvalue weighted by atomic mass is 9.94. The quantitative estimate of drug-likeness (QED) is 0.737. The fourth-order valence-corrected chi connectivity index (χ4v) is 4.39. The Kier molecular flexibility index (Phi) is 6.16. The van der Waals surface area contributed by atoms with E-state index in [-0.39, 0.29) is 24.2 Å². The number of morpholine rings is 1. The van der Waals surface area contributed by atoms with Gasteiger partial charge in [0.25, 0.3) is 0 Å². The van der Waals surface area contributed by atoms with Crippen molar-refractivity contribution in [2.75, 3.05) is 51.4 Å². The Morgan fingerprint density at radius 3 is 2.64 bits per heavy atom. The molecule has 0 saturated carbocycles. The number of ether oxygens (including phenoxy) is 2. The molecular weight excluding hydrogens is 382 g/mol. The van der Waals surface area contributed by atoms with Crippen molar-refractivity contribution in [3.8, 4) is 11.5 Å². The summed E-state index contributed by atoms with van der Waals surface area (Å²) in [6.07, 6.45) is 2.95. The van der Waals surface area contributed by atoms with Gasteiger partial charge in [0, 0.05) is 32.2 Å². The van der Waals surface area contributed by atoms with E-state index in [9.17, 15) is 9.59 Å². The Labute approximate surface area is 166 Å². The number of aromatic nitrogens is 1. The lowest BCUT2D eigenvalue weighted by molar-refractivity contribution is -0.118. The van der Waals surface area contributed by atoms with Crippen LogP contribution in [0.2, 0.25) is 0 Å². The molecule has 2 aromatic heterocycles. The van der Waals surface area contributed by atoms with E-state index in [0.717, 1.165) is 13.1 Å². The van der Waals surface area contributed by atoms with Crippen molar-refractivity contribution in [2.24, 2.45) is 5.92 Å². The predicted molar refractivity (Wildman–Crippen MR) is 104 cm³/mol. The molecule has 2 aromatic rings. The number of nitrogens with one attached hydrogen (secondary N) is 1. The monoisotopic (exact) mass is 405 g/mol. The van der Waals surface area contributed by atoms with Crippen LogP contribution in [0, 0.1) is 5.92 Å². The van der Waals surface area contributed by atoms with Gasteiger partial charge in [0.15, 0.2) is 16.7 Å². The van der Waals surface area contributed by atoms with E-state index >= 15 is 0 Å². The first-order valence-electron chi connectivity index (χ1n) is 9.47. The van der Waals surface area contributed by atoms with E-state index in [0.29, 0.717) is 60.7 Å². The molecule has 150 valence electrons. The molecule has 0 unspecified atom stereocenters. The molecule has 2 fully saturated rings. The minimum absolute atomic E-state index is 0.0425. The van der Waals surface area contributed by atoms with Gasteiger partial charge in [0.05, 0.1) is 26.0 Å². The van der Waals surface area contributed by atoms with Gasteiger partial charge in [0.1, 0.15) is 10.6 Å². The summed E-state index contributed by atoms with van der Waals surface area (Å²) in [4.78, 5) is 32.5. The number of carbonyl (C=O) groups excluding carboxylic acids is 2. The molecule has 2 aliphatic rings. The van der Waals surface area contributed by atoms with Crippen LogP contribution in [0.5, 0.6) is 0 Å². The van der Waals surface area contributed by atoms with Gasteiger partial charge in [-0.2, -0.15) is 0 Å². The molecule has 0 radical (unpaired) electrons. The third-order valence-electron chi connectivity index (χ3n) is 4.91. The molecule has 0 aliphatic carbocycles. The number of hydrogen-bond acceptors (Lipinski definition) is 8. The highest BCUT2D eigenvalue weighted by atomic mass is 32.1. The molecular formula is C19H23N3O5S. The second-order valence-corrected chi connectivity index (χ2v) is 7.86. The number of nitrogens with zero attached hydrogens (tertiary/aromatic N) is 2. The molecule has 0 atom stereocenters. The normalized spacial score (nSPS) is 18.9. The lowest BCUT2D eigenvalue weighted by Crippen LogP contribution is -2.41. The Morgan fingerprint density at radius 1 is 1.18 bits per heavy atom. The van der Waals surface area contributed by atoms with Crippen LogP contribution in [0.15, 0.2) is 22.8 Å². The van der Waals surface area contributed by atoms with E-state index in [1.807, 2.05) is 4.90 Å². The number of hydrogen-bond donors (Lipinski definition) is 1. The average molecular weight is 405 g/mol. The van der Waals surface area contributed by atoms with E-state index in [2.05, 4.69) is 10.3 Å². The van der Waals surface area contributed by atoms with Crippen molar-refractivity contribution in [3.63, 3.8) is 0 Å². The maximum Gasteiger partial charge on any atom is 0.240 e. The summed E-state index contributed by atoms with van der Waals surface area (Å²) in [6.45, 7) is 4.20. The van der Waals surface area contributed by atoms with Crippen molar-refractivity contribution >= 4 is 28.2 Å². The predicted octanol–water partition coefficient (Wildman–Crippen LogP) is 2.28. The molecule has 4 heterocycles. The zero-order chi connectivity index (χ0) is 19.3. The van der Waals surface area contributed by atoms with E-state index in [4.69, 9.17) is 13.9 Å². The zero-order valence-corrected chi connectivity index (χ0v) is 16.3. The zero-order valence-electron chi connectivity index (χ0n) is 15.5. The van der Waals surface area contributed by atoms with Gasteiger partial charge in [-0.1, -0.05) is 11.3 Å². The average Bonchev–Trinajstić information content (AvgIpc) is 3.38. The van der Waals surface area contributed by atoms with Crippen molar-refractivity contribution in [2.45, 2.75) is 12.8 Å². The molecule has 1 N–H and O–H groups in total. The highest BCUT2D eigenvalue weighted by Gasteiger charge is 2.29. The Bertz CT molecular complexity index is 808. The lowest BCUT2D eigenvalue weighted by Gasteiger charge is -2.25. The summed E-state index contributed by atoms with van der Waals surface area (Å²) in [5.41, 5.74) is 0.494. The maximum atomic E-state index is 13.1. The summed E-state index contributed by atoms with van der Waals surface area (Å²) in [5.74, 6) is 0.340. The molecule has 2 saturated heterocycles. The molecule has 0 spiro atoms. The van der Waals surface area contributed by atoms with Crippen LogP contribution in [0.4, 0.5) is 5.13 Å². The number of ketones is 1. The molecule has 28 heavy (non-hydrogen) atoms. The highest BCUT2D eigenvalue weighted by molar-refractivity contribution is 7.18. The Balaban J connectivity index is 1.51. The molecule has 4 rings (SSSR count). The number of Topliss-reactive ketones (excluding diaryl/α,β-unsaturated/α-hetero) is 1. The fraction of sp³-hybridized carbons (Fsp3) is 0.526. The summed E-state index contributed by atoms with van der Waals surface area (Å²) in [6, 6.07) is 3.53. The Morgan fingerprint density at radius 2 is 1.93 bits per heavy atom. The van der Waals surface area contributed by atoms with Gasteiger partial charge in [-0.3, -0.25) is 14.5 Å². The Hall–Kier alpha value is -2.07. The van der Waals surface area contributed by atoms with E-state index in [1.54, 1.807) is 18.4 Å². The van der Waals surface area contributed by atoms with Gasteiger partial charge in [-0.15, -0.1) is 0 Å². The third-order valence-corrected chi connectivity index (χ3v) is 5.90. The van der Waals surface area contributed by atoms with Crippen molar-refractivity contribution in [1.29, 1.82) is 0 Å². The van der Waals surface area contributed by atoms with Gasteiger partial charge in [-0.25, -0.2) is 4.98 Å². The van der Waals surface area contributed by atoms with Crippen LogP contribution in [0.25, 0.3) is 11.5 Å². The molecule has 0 bridgehead atoms. The van der Waals surface area contributed by atoms with Crippen molar-refractivity contribution < 1.29 is 23.5 Å². The number of rotatable bonds is 6. The first kappa shape index (κ1) is 19.3. The first-order chi connectivity index (χ1) is 13.7. The maximum absolute atomic E-state index is 13.1. The number of carbonyl (C=O) groups is 2. The summed E-state index contributed by atoms with van der Waals surface area (Å²) >= 11 is 1.21. The van der Waals surface area contributed by atoms with Crippen LogP contribution in [-0.2, 0) is 14.3 Å².